The van der Waals surface area contributed by atoms with E-state index >= 15 is 0 Å². The molecule has 2 N–H and O–H groups in total. The van der Waals surface area contributed by atoms with Crippen LogP contribution in [0.4, 0.5) is 5.69 Å². The summed E-state index contributed by atoms with van der Waals surface area (Å²) in [5.41, 5.74) is 12.0. The summed E-state index contributed by atoms with van der Waals surface area (Å²) < 4.78 is 10.8. The quantitative estimate of drug-likeness (QED) is 0.857. The first kappa shape index (κ1) is 16.7. The maximum Gasteiger partial charge on any atom is 0.161 e. The number of hydrogen-bond acceptors (Lipinski definition) is 4. The third-order valence-electron chi connectivity index (χ3n) is 4.85. The molecule has 0 unspecified atom stereocenters. The second-order valence-corrected chi connectivity index (χ2v) is 6.44. The molecule has 1 aliphatic heterocycles. The molecule has 0 radical (unpaired) electrons. The van der Waals surface area contributed by atoms with Crippen LogP contribution in [-0.4, -0.2) is 32.2 Å². The molecule has 0 spiro atoms. The van der Waals surface area contributed by atoms with Gasteiger partial charge in [0.1, 0.15) is 0 Å². The van der Waals surface area contributed by atoms with Gasteiger partial charge in [0.25, 0.3) is 0 Å². The summed E-state index contributed by atoms with van der Waals surface area (Å²) in [5.74, 6) is 1.63. The zero-order chi connectivity index (χ0) is 17.1. The molecule has 0 saturated carbocycles. The third-order valence-corrected chi connectivity index (χ3v) is 4.85. The maximum atomic E-state index is 5.90. The van der Waals surface area contributed by atoms with E-state index in [1.807, 2.05) is 6.07 Å². The Labute approximate surface area is 144 Å². The van der Waals surface area contributed by atoms with E-state index < -0.39 is 0 Å². The number of anilines is 1. The molecule has 0 aromatic heterocycles. The molecule has 2 aromatic carbocycles. The number of ether oxygens (including phenoxy) is 2. The lowest BCUT2D eigenvalue weighted by Crippen LogP contribution is -2.32. The Morgan fingerprint density at radius 2 is 1.75 bits per heavy atom. The summed E-state index contributed by atoms with van der Waals surface area (Å²) in [6.07, 6.45) is 2.10. The number of methoxy groups -OCH3 is 2. The predicted octanol–water partition coefficient (Wildman–Crippen LogP) is 3.20. The molecular formula is C20H26N2O2. The van der Waals surface area contributed by atoms with Crippen LogP contribution in [0.25, 0.3) is 0 Å². The van der Waals surface area contributed by atoms with Crippen molar-refractivity contribution in [1.82, 2.24) is 4.90 Å². The highest BCUT2D eigenvalue weighted by Crippen LogP contribution is 2.33. The van der Waals surface area contributed by atoms with E-state index in [0.29, 0.717) is 0 Å². The van der Waals surface area contributed by atoms with Gasteiger partial charge in [0.15, 0.2) is 11.5 Å². The SMILES string of the molecule is COc1cc2c(cc1OC)CN(CCc1ccc(N)c(C)c1)CC2. The van der Waals surface area contributed by atoms with Gasteiger partial charge in [0.05, 0.1) is 14.2 Å². The number of nitrogens with two attached hydrogens (primary N) is 1. The summed E-state index contributed by atoms with van der Waals surface area (Å²) >= 11 is 0. The van der Waals surface area contributed by atoms with Gasteiger partial charge in [-0.2, -0.15) is 0 Å². The van der Waals surface area contributed by atoms with Gasteiger partial charge < -0.3 is 15.2 Å². The molecule has 0 atom stereocenters. The fourth-order valence-electron chi connectivity index (χ4n) is 3.31. The van der Waals surface area contributed by atoms with Crippen molar-refractivity contribution in [1.29, 1.82) is 0 Å². The second kappa shape index (κ2) is 7.14. The maximum absolute atomic E-state index is 5.90. The van der Waals surface area contributed by atoms with Gasteiger partial charge in [-0.1, -0.05) is 12.1 Å². The van der Waals surface area contributed by atoms with Crippen LogP contribution in [-0.2, 0) is 19.4 Å². The summed E-state index contributed by atoms with van der Waals surface area (Å²) in [5, 5.41) is 0. The van der Waals surface area contributed by atoms with Crippen molar-refractivity contribution in [3.8, 4) is 11.5 Å². The highest BCUT2D eigenvalue weighted by molar-refractivity contribution is 5.49. The topological polar surface area (TPSA) is 47.7 Å². The minimum atomic E-state index is 0.812. The van der Waals surface area contributed by atoms with Crippen LogP contribution in [0.3, 0.4) is 0 Å². The molecule has 1 heterocycles. The predicted molar refractivity (Wildman–Crippen MR) is 97.8 cm³/mol. The second-order valence-electron chi connectivity index (χ2n) is 6.44. The smallest absolute Gasteiger partial charge is 0.161 e. The summed E-state index contributed by atoms with van der Waals surface area (Å²) in [7, 11) is 3.38. The molecule has 0 saturated heterocycles. The normalized spacial score (nSPS) is 14.3. The van der Waals surface area contributed by atoms with E-state index in [1.54, 1.807) is 14.2 Å². The molecule has 2 aromatic rings. The van der Waals surface area contributed by atoms with Crippen LogP contribution in [0.2, 0.25) is 0 Å². The van der Waals surface area contributed by atoms with Crippen molar-refractivity contribution in [2.24, 2.45) is 0 Å². The monoisotopic (exact) mass is 326 g/mol. The first-order chi connectivity index (χ1) is 11.6. The van der Waals surface area contributed by atoms with Crippen LogP contribution < -0.4 is 15.2 Å². The van der Waals surface area contributed by atoms with E-state index in [9.17, 15) is 0 Å². The van der Waals surface area contributed by atoms with E-state index in [-0.39, 0.29) is 0 Å². The van der Waals surface area contributed by atoms with Crippen LogP contribution in [0.1, 0.15) is 22.3 Å². The Hall–Kier alpha value is -2.20. The zero-order valence-electron chi connectivity index (χ0n) is 14.8. The van der Waals surface area contributed by atoms with Crippen molar-refractivity contribution in [2.75, 3.05) is 33.0 Å². The average molecular weight is 326 g/mol. The molecule has 4 nitrogen and oxygen atoms in total. The molecule has 1 aliphatic rings. The molecule has 3 rings (SSSR count). The minimum absolute atomic E-state index is 0.812. The molecule has 0 fully saturated rings. The van der Waals surface area contributed by atoms with Crippen LogP contribution in [0, 0.1) is 6.92 Å². The average Bonchev–Trinajstić information content (AvgIpc) is 2.61. The van der Waals surface area contributed by atoms with Crippen molar-refractivity contribution >= 4 is 5.69 Å². The van der Waals surface area contributed by atoms with Crippen molar-refractivity contribution in [2.45, 2.75) is 26.3 Å². The summed E-state index contributed by atoms with van der Waals surface area (Å²) in [6, 6.07) is 10.6. The molecule has 0 amide bonds. The van der Waals surface area contributed by atoms with Crippen molar-refractivity contribution in [3.05, 3.63) is 52.6 Å². The third kappa shape index (κ3) is 3.49. The highest BCUT2D eigenvalue weighted by Gasteiger charge is 2.19. The van der Waals surface area contributed by atoms with E-state index in [1.165, 1.54) is 16.7 Å². The van der Waals surface area contributed by atoms with E-state index in [4.69, 9.17) is 15.2 Å². The standard InChI is InChI=1S/C20H26N2O2/c1-14-10-15(4-5-18(14)21)6-8-22-9-7-16-11-19(23-2)20(24-3)12-17(16)13-22/h4-5,10-12H,6-9,13,21H2,1-3H3. The van der Waals surface area contributed by atoms with E-state index in [2.05, 4.69) is 36.1 Å². The van der Waals surface area contributed by atoms with E-state index in [0.717, 1.165) is 55.2 Å². The lowest BCUT2D eigenvalue weighted by atomic mass is 9.98. The number of aryl methyl sites for hydroxylation is 1. The first-order valence-corrected chi connectivity index (χ1v) is 8.42. The van der Waals surface area contributed by atoms with Crippen molar-refractivity contribution in [3.63, 3.8) is 0 Å². The Kier molecular flexibility index (Phi) is 4.95. The number of rotatable bonds is 5. The number of nitrogen functional groups attached to an aromatic ring is 1. The van der Waals surface area contributed by atoms with Crippen LogP contribution in [0.15, 0.2) is 30.3 Å². The lowest BCUT2D eigenvalue weighted by molar-refractivity contribution is 0.255. The van der Waals surface area contributed by atoms with Gasteiger partial charge in [-0.3, -0.25) is 4.90 Å². The molecule has 128 valence electrons. The number of hydrogen-bond donors (Lipinski definition) is 1. The van der Waals surface area contributed by atoms with Crippen molar-refractivity contribution < 1.29 is 9.47 Å². The number of nitrogens with zero attached hydrogens (tertiary/aromatic N) is 1. The summed E-state index contributed by atoms with van der Waals surface area (Å²) in [6.45, 7) is 5.16. The van der Waals surface area contributed by atoms with Gasteiger partial charge in [-0.05, 0) is 60.2 Å². The fraction of sp³-hybridized carbons (Fsp3) is 0.400. The molecular weight excluding hydrogens is 300 g/mol. The fourth-order valence-corrected chi connectivity index (χ4v) is 3.31. The molecule has 24 heavy (non-hydrogen) atoms. The largest absolute Gasteiger partial charge is 0.493 e. The zero-order valence-corrected chi connectivity index (χ0v) is 14.8. The Bertz CT molecular complexity index is 728. The van der Waals surface area contributed by atoms with Gasteiger partial charge in [0.2, 0.25) is 0 Å². The lowest BCUT2D eigenvalue weighted by Gasteiger charge is -2.29. The Morgan fingerprint density at radius 3 is 2.42 bits per heavy atom. The molecule has 0 aliphatic carbocycles. The minimum Gasteiger partial charge on any atom is -0.493 e. The van der Waals surface area contributed by atoms with Crippen LogP contribution >= 0.6 is 0 Å². The van der Waals surface area contributed by atoms with Crippen LogP contribution in [0.5, 0.6) is 11.5 Å². The van der Waals surface area contributed by atoms with Gasteiger partial charge in [-0.15, -0.1) is 0 Å². The summed E-state index contributed by atoms with van der Waals surface area (Å²) in [4.78, 5) is 2.50. The Balaban J connectivity index is 1.67. The van der Waals surface area contributed by atoms with Gasteiger partial charge in [-0.25, -0.2) is 0 Å². The van der Waals surface area contributed by atoms with Gasteiger partial charge in [0, 0.05) is 25.3 Å². The molecule has 4 heteroatoms. The van der Waals surface area contributed by atoms with Gasteiger partial charge >= 0.3 is 0 Å². The number of benzene rings is 2. The molecule has 0 bridgehead atoms. The Morgan fingerprint density at radius 1 is 1.04 bits per heavy atom. The first-order valence-electron chi connectivity index (χ1n) is 8.42. The number of fused-ring (bicyclic) bond motifs is 1. The highest BCUT2D eigenvalue weighted by atomic mass is 16.5.